The van der Waals surface area contributed by atoms with E-state index in [-0.39, 0.29) is 11.5 Å². The molecule has 2 rings (SSSR count). The van der Waals surface area contributed by atoms with Gasteiger partial charge in [-0.1, -0.05) is 43.3 Å². The fourth-order valence-corrected chi connectivity index (χ4v) is 2.69. The van der Waals surface area contributed by atoms with Gasteiger partial charge in [-0.2, -0.15) is 0 Å². The lowest BCUT2D eigenvalue weighted by Gasteiger charge is -2.17. The van der Waals surface area contributed by atoms with Crippen molar-refractivity contribution in [2.75, 3.05) is 13.2 Å². The van der Waals surface area contributed by atoms with E-state index in [9.17, 15) is 10.2 Å². The SMILES string of the molecule is C=CCOCCc1c(CC)c(O)cc(O)c1-c1ccccc1. The van der Waals surface area contributed by atoms with E-state index in [0.717, 1.165) is 22.3 Å². The molecule has 0 radical (unpaired) electrons. The molecule has 0 saturated heterocycles. The molecule has 2 aromatic rings. The molecule has 116 valence electrons. The van der Waals surface area contributed by atoms with Crippen LogP contribution in [0.1, 0.15) is 18.1 Å². The van der Waals surface area contributed by atoms with Crippen LogP contribution in [-0.2, 0) is 17.6 Å². The average molecular weight is 298 g/mol. The Morgan fingerprint density at radius 3 is 2.45 bits per heavy atom. The molecule has 3 heteroatoms. The van der Waals surface area contributed by atoms with E-state index in [4.69, 9.17) is 4.74 Å². The smallest absolute Gasteiger partial charge is 0.127 e. The summed E-state index contributed by atoms with van der Waals surface area (Å²) in [6.45, 7) is 6.63. The maximum atomic E-state index is 10.3. The summed E-state index contributed by atoms with van der Waals surface area (Å²) in [5.74, 6) is 0.234. The molecule has 0 fully saturated rings. The Hall–Kier alpha value is -2.26. The molecule has 0 aliphatic rings. The summed E-state index contributed by atoms with van der Waals surface area (Å²) in [5, 5.41) is 20.5. The zero-order valence-corrected chi connectivity index (χ0v) is 12.9. The van der Waals surface area contributed by atoms with Crippen LogP contribution >= 0.6 is 0 Å². The zero-order chi connectivity index (χ0) is 15.9. The summed E-state index contributed by atoms with van der Waals surface area (Å²) < 4.78 is 5.48. The van der Waals surface area contributed by atoms with Crippen molar-refractivity contribution in [3.05, 3.63) is 60.2 Å². The van der Waals surface area contributed by atoms with E-state index < -0.39 is 0 Å². The molecule has 2 N–H and O–H groups in total. The van der Waals surface area contributed by atoms with Crippen molar-refractivity contribution in [3.8, 4) is 22.6 Å². The van der Waals surface area contributed by atoms with Crippen LogP contribution in [0.4, 0.5) is 0 Å². The monoisotopic (exact) mass is 298 g/mol. The molecule has 0 aliphatic carbocycles. The third kappa shape index (κ3) is 3.49. The maximum Gasteiger partial charge on any atom is 0.127 e. The molecule has 0 heterocycles. The zero-order valence-electron chi connectivity index (χ0n) is 12.9. The molecule has 0 aromatic heterocycles. The first-order valence-corrected chi connectivity index (χ1v) is 7.49. The predicted octanol–water partition coefficient (Wildman–Crippen LogP) is 4.07. The van der Waals surface area contributed by atoms with Crippen molar-refractivity contribution in [3.63, 3.8) is 0 Å². The van der Waals surface area contributed by atoms with Crippen molar-refractivity contribution >= 4 is 0 Å². The van der Waals surface area contributed by atoms with Crippen molar-refractivity contribution in [1.82, 2.24) is 0 Å². The van der Waals surface area contributed by atoms with Crippen molar-refractivity contribution < 1.29 is 14.9 Å². The highest BCUT2D eigenvalue weighted by molar-refractivity contribution is 5.76. The molecule has 2 aromatic carbocycles. The van der Waals surface area contributed by atoms with Gasteiger partial charge in [0.2, 0.25) is 0 Å². The van der Waals surface area contributed by atoms with Gasteiger partial charge in [-0.15, -0.1) is 6.58 Å². The summed E-state index contributed by atoms with van der Waals surface area (Å²) in [4.78, 5) is 0. The Balaban J connectivity index is 2.48. The van der Waals surface area contributed by atoms with Crippen LogP contribution in [0.5, 0.6) is 11.5 Å². The molecule has 22 heavy (non-hydrogen) atoms. The molecular weight excluding hydrogens is 276 g/mol. The van der Waals surface area contributed by atoms with E-state index in [1.54, 1.807) is 6.08 Å². The summed E-state index contributed by atoms with van der Waals surface area (Å²) in [7, 11) is 0. The third-order valence-corrected chi connectivity index (χ3v) is 3.65. The minimum atomic E-state index is 0.0969. The highest BCUT2D eigenvalue weighted by Crippen LogP contribution is 2.39. The first kappa shape index (κ1) is 16.1. The summed E-state index contributed by atoms with van der Waals surface area (Å²) in [6.07, 6.45) is 3.03. The van der Waals surface area contributed by atoms with Crippen molar-refractivity contribution in [2.45, 2.75) is 19.8 Å². The molecule has 0 unspecified atom stereocenters. The van der Waals surface area contributed by atoms with Gasteiger partial charge in [0.05, 0.1) is 13.2 Å². The third-order valence-electron chi connectivity index (χ3n) is 3.65. The summed E-state index contributed by atoms with van der Waals surface area (Å²) in [6, 6.07) is 11.2. The molecule has 0 spiro atoms. The summed E-state index contributed by atoms with van der Waals surface area (Å²) in [5.41, 5.74) is 3.51. The standard InChI is InChI=1S/C19H22O3/c1-3-11-22-12-10-16-15(4-2)17(20)13-18(21)19(16)14-8-6-5-7-9-14/h3,5-9,13,20-21H,1,4,10-12H2,2H3. The lowest BCUT2D eigenvalue weighted by Crippen LogP contribution is -2.04. The van der Waals surface area contributed by atoms with Gasteiger partial charge in [-0.3, -0.25) is 0 Å². The van der Waals surface area contributed by atoms with Crippen molar-refractivity contribution in [1.29, 1.82) is 0 Å². The first-order chi connectivity index (χ1) is 10.7. The molecule has 0 amide bonds. The predicted molar refractivity (Wildman–Crippen MR) is 89.3 cm³/mol. The van der Waals surface area contributed by atoms with Gasteiger partial charge in [-0.25, -0.2) is 0 Å². The van der Waals surface area contributed by atoms with Crippen LogP contribution < -0.4 is 0 Å². The molecule has 3 nitrogen and oxygen atoms in total. The normalized spacial score (nSPS) is 10.6. The Bertz CT molecular complexity index is 633. The van der Waals surface area contributed by atoms with E-state index in [1.165, 1.54) is 6.07 Å². The van der Waals surface area contributed by atoms with Crippen LogP contribution in [0.15, 0.2) is 49.1 Å². The highest BCUT2D eigenvalue weighted by atomic mass is 16.5. The number of ether oxygens (including phenoxy) is 1. The Morgan fingerprint density at radius 1 is 1.09 bits per heavy atom. The number of phenolic OH excluding ortho intramolecular Hbond substituents is 2. The van der Waals surface area contributed by atoms with Crippen molar-refractivity contribution in [2.24, 2.45) is 0 Å². The number of phenols is 2. The van der Waals surface area contributed by atoms with Crippen LogP contribution in [0.3, 0.4) is 0 Å². The Morgan fingerprint density at radius 2 is 1.82 bits per heavy atom. The topological polar surface area (TPSA) is 49.7 Å². The quantitative estimate of drug-likeness (QED) is 0.598. The minimum Gasteiger partial charge on any atom is -0.508 e. The van der Waals surface area contributed by atoms with Gasteiger partial charge >= 0.3 is 0 Å². The van der Waals surface area contributed by atoms with E-state index in [0.29, 0.717) is 26.1 Å². The second-order valence-electron chi connectivity index (χ2n) is 5.08. The maximum absolute atomic E-state index is 10.3. The Kier molecular flexibility index (Phi) is 5.61. The average Bonchev–Trinajstić information content (AvgIpc) is 2.52. The van der Waals surface area contributed by atoms with E-state index in [1.807, 2.05) is 37.3 Å². The second-order valence-corrected chi connectivity index (χ2v) is 5.08. The van der Waals surface area contributed by atoms with E-state index in [2.05, 4.69) is 6.58 Å². The lowest BCUT2D eigenvalue weighted by molar-refractivity contribution is 0.166. The van der Waals surface area contributed by atoms with Gasteiger partial charge in [-0.05, 0) is 29.5 Å². The fourth-order valence-electron chi connectivity index (χ4n) is 2.69. The number of hydrogen-bond acceptors (Lipinski definition) is 3. The molecule has 0 aliphatic heterocycles. The molecule has 0 bridgehead atoms. The van der Waals surface area contributed by atoms with Crippen LogP contribution in [0.25, 0.3) is 11.1 Å². The number of benzene rings is 2. The van der Waals surface area contributed by atoms with Crippen LogP contribution in [-0.4, -0.2) is 23.4 Å². The van der Waals surface area contributed by atoms with Crippen LogP contribution in [0, 0.1) is 0 Å². The summed E-state index contributed by atoms with van der Waals surface area (Å²) >= 11 is 0. The molecule has 0 saturated carbocycles. The number of rotatable bonds is 7. The molecular formula is C19H22O3. The fraction of sp³-hybridized carbons (Fsp3) is 0.263. The highest BCUT2D eigenvalue weighted by Gasteiger charge is 2.17. The van der Waals surface area contributed by atoms with Gasteiger partial charge in [0.25, 0.3) is 0 Å². The number of aromatic hydroxyl groups is 2. The van der Waals surface area contributed by atoms with Gasteiger partial charge < -0.3 is 14.9 Å². The van der Waals surface area contributed by atoms with Gasteiger partial charge in [0, 0.05) is 11.6 Å². The Labute approximate surface area is 131 Å². The lowest BCUT2D eigenvalue weighted by atomic mass is 9.91. The van der Waals surface area contributed by atoms with E-state index >= 15 is 0 Å². The van der Waals surface area contributed by atoms with Gasteiger partial charge in [0.1, 0.15) is 11.5 Å². The minimum absolute atomic E-state index is 0.0969. The van der Waals surface area contributed by atoms with Crippen LogP contribution in [0.2, 0.25) is 0 Å². The number of hydrogen-bond donors (Lipinski definition) is 2. The second kappa shape index (κ2) is 7.66. The first-order valence-electron chi connectivity index (χ1n) is 7.49. The molecule has 0 atom stereocenters. The largest absolute Gasteiger partial charge is 0.508 e. The van der Waals surface area contributed by atoms with Gasteiger partial charge in [0.15, 0.2) is 0 Å².